The molecule has 6 nitrogen and oxygen atoms in total. The Morgan fingerprint density at radius 1 is 0.418 bits per heavy atom. The van der Waals surface area contributed by atoms with Gasteiger partial charge in [0.1, 0.15) is 22.9 Å². The first-order chi connectivity index (χ1) is 32.8. The molecule has 4 heterocycles. The molecule has 3 aromatic rings. The van der Waals surface area contributed by atoms with Gasteiger partial charge in [0, 0.05) is 18.7 Å². The summed E-state index contributed by atoms with van der Waals surface area (Å²) in [5, 5.41) is 0. The summed E-state index contributed by atoms with van der Waals surface area (Å²) in [6.45, 7) is 30.7. The lowest BCUT2D eigenvalue weighted by Crippen LogP contribution is -2.34. The lowest BCUT2D eigenvalue weighted by molar-refractivity contribution is -0.124. The van der Waals surface area contributed by atoms with Gasteiger partial charge in [-0.15, -0.1) is 0 Å². The number of aryl methyl sites for hydroxylation is 2. The van der Waals surface area contributed by atoms with Crippen LogP contribution in [0.5, 0.6) is 0 Å². The number of carbonyl (C=O) groups excluding carboxylic acids is 2. The fraction of sp³-hybridized carbons (Fsp3) is 0.672. The van der Waals surface area contributed by atoms with Gasteiger partial charge in [-0.1, -0.05) is 230 Å². The summed E-state index contributed by atoms with van der Waals surface area (Å²) >= 11 is 0. The van der Waals surface area contributed by atoms with Crippen molar-refractivity contribution in [3.63, 3.8) is 0 Å². The highest BCUT2D eigenvalue weighted by atomic mass is 16.3. The van der Waals surface area contributed by atoms with E-state index in [1.165, 1.54) is 95.5 Å². The number of fused-ring (bicyclic) bond motifs is 1. The van der Waals surface area contributed by atoms with Crippen LogP contribution in [-0.2, 0) is 16.0 Å². The Balaban J connectivity index is 0.00000186. The Morgan fingerprint density at radius 3 is 1.21 bits per heavy atom. The van der Waals surface area contributed by atoms with Gasteiger partial charge in [-0.3, -0.25) is 9.59 Å². The number of benzene rings is 1. The predicted octanol–water partition coefficient (Wildman–Crippen LogP) is 19.2. The highest BCUT2D eigenvalue weighted by Gasteiger charge is 2.51. The third-order valence-corrected chi connectivity index (χ3v) is 12.8. The van der Waals surface area contributed by atoms with Gasteiger partial charge in [0.2, 0.25) is 0 Å². The molecule has 0 spiro atoms. The van der Waals surface area contributed by atoms with Crippen LogP contribution in [0.15, 0.2) is 68.5 Å². The first-order valence-corrected chi connectivity index (χ1v) is 28.1. The molecule has 0 saturated heterocycles. The maximum Gasteiger partial charge on any atom is 0.261 e. The molecule has 0 aliphatic carbocycles. The van der Waals surface area contributed by atoms with E-state index in [2.05, 4.69) is 72.7 Å². The van der Waals surface area contributed by atoms with Crippen LogP contribution in [0.1, 0.15) is 254 Å². The van der Waals surface area contributed by atoms with E-state index in [1.807, 2.05) is 82.5 Å². The monoisotopic (exact) mass is 927 g/mol. The third kappa shape index (κ3) is 19.6. The molecule has 380 valence electrons. The van der Waals surface area contributed by atoms with Crippen LogP contribution in [0, 0.1) is 18.8 Å². The zero-order chi connectivity index (χ0) is 50.0. The van der Waals surface area contributed by atoms with E-state index >= 15 is 9.59 Å². The van der Waals surface area contributed by atoms with Crippen LogP contribution in [0.2, 0.25) is 0 Å². The van der Waals surface area contributed by atoms with Crippen molar-refractivity contribution in [2.45, 2.75) is 245 Å². The summed E-state index contributed by atoms with van der Waals surface area (Å²) in [5.74, 6) is 3.15. The summed E-state index contributed by atoms with van der Waals surface area (Å²) in [6, 6.07) is 16.3. The molecule has 67 heavy (non-hydrogen) atoms. The van der Waals surface area contributed by atoms with Gasteiger partial charge in [-0.2, -0.15) is 0 Å². The van der Waals surface area contributed by atoms with Crippen molar-refractivity contribution in [2.24, 2.45) is 11.8 Å². The summed E-state index contributed by atoms with van der Waals surface area (Å²) in [4.78, 5) is 34.1. The number of carbonyl (C=O) groups is 2. The average molecular weight is 927 g/mol. The quantitative estimate of drug-likeness (QED) is 0.0651. The number of furan rings is 2. The van der Waals surface area contributed by atoms with Crippen molar-refractivity contribution in [3.8, 4) is 11.3 Å². The molecule has 0 saturated carbocycles. The molecule has 2 atom stereocenters. The molecular formula is C61H102N2O4. The molecule has 0 fully saturated rings. The van der Waals surface area contributed by atoms with E-state index in [4.69, 9.17) is 8.83 Å². The molecule has 0 radical (unpaired) electrons. The van der Waals surface area contributed by atoms with Gasteiger partial charge in [0.05, 0.1) is 11.1 Å². The van der Waals surface area contributed by atoms with Gasteiger partial charge in [0.15, 0.2) is 11.5 Å². The van der Waals surface area contributed by atoms with Crippen LogP contribution >= 0.6 is 0 Å². The Bertz CT molecular complexity index is 1790. The average Bonchev–Trinajstić information content (AvgIpc) is 4.15. The molecule has 0 bridgehead atoms. The number of rotatable bonds is 29. The Hall–Kier alpha value is -3.80. The van der Waals surface area contributed by atoms with Gasteiger partial charge >= 0.3 is 0 Å². The maximum absolute atomic E-state index is 15.2. The second-order valence-corrected chi connectivity index (χ2v) is 18.0. The molecule has 2 unspecified atom stereocenters. The second-order valence-electron chi connectivity index (χ2n) is 18.0. The van der Waals surface area contributed by atoms with Crippen LogP contribution < -0.4 is 0 Å². The van der Waals surface area contributed by atoms with E-state index in [0.717, 1.165) is 74.9 Å². The topological polar surface area (TPSA) is 66.9 Å². The minimum absolute atomic E-state index is 0.100. The van der Waals surface area contributed by atoms with Gasteiger partial charge in [0.25, 0.3) is 11.8 Å². The van der Waals surface area contributed by atoms with Gasteiger partial charge in [-0.25, -0.2) is 0 Å². The van der Waals surface area contributed by atoms with E-state index in [9.17, 15) is 0 Å². The van der Waals surface area contributed by atoms with Crippen molar-refractivity contribution < 1.29 is 18.4 Å². The van der Waals surface area contributed by atoms with E-state index in [0.29, 0.717) is 59.0 Å². The molecule has 2 aliphatic rings. The van der Waals surface area contributed by atoms with Crippen molar-refractivity contribution in [1.29, 1.82) is 0 Å². The molecule has 0 N–H and O–H groups in total. The van der Waals surface area contributed by atoms with Crippen LogP contribution in [0.4, 0.5) is 0 Å². The zero-order valence-corrected chi connectivity index (χ0v) is 46.0. The molecule has 6 heteroatoms. The summed E-state index contributed by atoms with van der Waals surface area (Å²) < 4.78 is 13.0. The van der Waals surface area contributed by atoms with Crippen molar-refractivity contribution in [3.05, 3.63) is 82.5 Å². The first kappa shape index (κ1) is 61.2. The fourth-order valence-corrected chi connectivity index (χ4v) is 9.21. The second kappa shape index (κ2) is 37.1. The molecule has 2 aliphatic heterocycles. The minimum atomic E-state index is -0.106. The standard InChI is InChI=1S/C50H72N2O4.C5H12.3C2H6/c1-7-12-15-18-19-22-26-40(25-21-17-14-9-3)36-52-48(44-34-33-42(56-44)41-30-28-38(11-5)29-31-41)46-45(49(52)53)47(43-32-27-37(6)55-43)51(50(46)54)35-39(23-10-4)24-20-16-13-8-2;1-3-5-4-2;3*1-2/h27-34,39-40H,7-26,35-36H2,1-6H3;3-5H2,1-2H3;3*1-2H3. The number of unbranched alkanes of at least 4 members (excludes halogenated alkanes) is 13. The Morgan fingerprint density at radius 2 is 0.806 bits per heavy atom. The smallest absolute Gasteiger partial charge is 0.261 e. The predicted molar refractivity (Wildman–Crippen MR) is 291 cm³/mol. The van der Waals surface area contributed by atoms with Crippen molar-refractivity contribution >= 4 is 23.2 Å². The zero-order valence-electron chi connectivity index (χ0n) is 46.0. The van der Waals surface area contributed by atoms with E-state index < -0.39 is 0 Å². The van der Waals surface area contributed by atoms with Crippen molar-refractivity contribution in [2.75, 3.05) is 13.1 Å². The minimum Gasteiger partial charge on any atom is -0.460 e. The maximum atomic E-state index is 15.2. The normalized spacial score (nSPS) is 13.9. The number of amides is 2. The lowest BCUT2D eigenvalue weighted by Gasteiger charge is -2.29. The fourth-order valence-electron chi connectivity index (χ4n) is 9.21. The molecular weight excluding hydrogens is 825 g/mol. The van der Waals surface area contributed by atoms with Crippen LogP contribution in [0.3, 0.4) is 0 Å². The first-order valence-electron chi connectivity index (χ1n) is 28.1. The molecule has 1 aromatic carbocycles. The summed E-state index contributed by atoms with van der Waals surface area (Å²) in [7, 11) is 0. The van der Waals surface area contributed by atoms with Gasteiger partial charge in [-0.05, 0) is 80.7 Å². The SMILES string of the molecule is CC.CC.CC.CCCCC.CCCCCCCCC(CCCCCC)CN1C(=O)C2=C(c3ccc(C)o3)N(CC(CCC)CCCCCC)C(=O)C2=C1c1ccc(-c2ccc(CC)cc2)o1. The Labute approximate surface area is 413 Å². The highest BCUT2D eigenvalue weighted by Crippen LogP contribution is 2.48. The lowest BCUT2D eigenvalue weighted by atomic mass is 9.93. The van der Waals surface area contributed by atoms with Gasteiger partial charge < -0.3 is 18.6 Å². The van der Waals surface area contributed by atoms with Crippen LogP contribution in [0.25, 0.3) is 22.7 Å². The largest absolute Gasteiger partial charge is 0.460 e. The van der Waals surface area contributed by atoms with Crippen LogP contribution in [-0.4, -0.2) is 34.7 Å². The third-order valence-electron chi connectivity index (χ3n) is 12.8. The highest BCUT2D eigenvalue weighted by molar-refractivity contribution is 6.30. The number of nitrogens with zero attached hydrogens (tertiary/aromatic N) is 2. The number of hydrogen-bond donors (Lipinski definition) is 0. The van der Waals surface area contributed by atoms with Crippen molar-refractivity contribution in [1.82, 2.24) is 9.80 Å². The summed E-state index contributed by atoms with van der Waals surface area (Å²) in [5.41, 5.74) is 4.48. The molecule has 2 aromatic heterocycles. The molecule has 5 rings (SSSR count). The number of hydrogen-bond acceptors (Lipinski definition) is 4. The molecule has 2 amide bonds. The van der Waals surface area contributed by atoms with E-state index in [1.54, 1.807) is 0 Å². The summed E-state index contributed by atoms with van der Waals surface area (Å²) in [6.07, 6.45) is 27.5. The Kier molecular flexibility index (Phi) is 33.9. The van der Waals surface area contributed by atoms with E-state index in [-0.39, 0.29) is 11.8 Å².